The van der Waals surface area contributed by atoms with Gasteiger partial charge in [-0.15, -0.1) is 0 Å². The Morgan fingerprint density at radius 2 is 1.85 bits per heavy atom. The van der Waals surface area contributed by atoms with Crippen LogP contribution in [0.2, 0.25) is 18.1 Å². The van der Waals surface area contributed by atoms with Crippen LogP contribution in [0.25, 0.3) is 0 Å². The van der Waals surface area contributed by atoms with Crippen LogP contribution in [0, 0.1) is 10.1 Å². The summed E-state index contributed by atoms with van der Waals surface area (Å²) in [5.41, 5.74) is 1.09. The SMILES string of the molecule is CC(C)(C)[Si](C)(C)OCC1=CCCC[C@@H]1N(Cc1cc2c(cc1Br)OCO2)S(=O)(=O)c1ccccc1[N+](=O)[O-]. The van der Waals surface area contributed by atoms with Gasteiger partial charge in [-0.2, -0.15) is 4.31 Å². The van der Waals surface area contributed by atoms with Crippen LogP contribution in [-0.2, 0) is 21.0 Å². The summed E-state index contributed by atoms with van der Waals surface area (Å²) in [6.07, 6.45) is 4.26. The van der Waals surface area contributed by atoms with Crippen LogP contribution >= 0.6 is 15.9 Å². The summed E-state index contributed by atoms with van der Waals surface area (Å²) in [5, 5.41) is 11.8. The zero-order valence-electron chi connectivity index (χ0n) is 22.9. The number of nitro benzene ring substituents is 1. The summed E-state index contributed by atoms with van der Waals surface area (Å²) in [6.45, 7) is 11.2. The Labute approximate surface area is 239 Å². The van der Waals surface area contributed by atoms with Crippen molar-refractivity contribution < 1.29 is 27.2 Å². The van der Waals surface area contributed by atoms with Crippen molar-refractivity contribution >= 4 is 40.0 Å². The molecule has 2 aromatic rings. The summed E-state index contributed by atoms with van der Waals surface area (Å²) in [5.74, 6) is 1.09. The number of allylic oxidation sites excluding steroid dienone is 1. The second kappa shape index (κ2) is 11.3. The van der Waals surface area contributed by atoms with Gasteiger partial charge < -0.3 is 13.9 Å². The smallest absolute Gasteiger partial charge is 0.289 e. The summed E-state index contributed by atoms with van der Waals surface area (Å²) in [4.78, 5) is 10.9. The van der Waals surface area contributed by atoms with Crippen molar-refractivity contribution in [2.45, 2.75) is 75.6 Å². The molecular formula is C27H35BrN2O7SSi. The minimum absolute atomic E-state index is 0.00844. The van der Waals surface area contributed by atoms with Gasteiger partial charge in [0.05, 0.1) is 11.5 Å². The van der Waals surface area contributed by atoms with Crippen molar-refractivity contribution in [3.8, 4) is 11.5 Å². The van der Waals surface area contributed by atoms with Gasteiger partial charge in [0.2, 0.25) is 6.79 Å². The highest BCUT2D eigenvalue weighted by molar-refractivity contribution is 9.10. The van der Waals surface area contributed by atoms with E-state index in [9.17, 15) is 18.5 Å². The van der Waals surface area contributed by atoms with Gasteiger partial charge in [-0.1, -0.05) is 54.9 Å². The summed E-state index contributed by atoms with van der Waals surface area (Å²) in [6, 6.07) is 8.48. The summed E-state index contributed by atoms with van der Waals surface area (Å²) >= 11 is 3.56. The van der Waals surface area contributed by atoms with E-state index in [0.29, 0.717) is 34.6 Å². The Kier molecular flexibility index (Phi) is 8.63. The average molecular weight is 640 g/mol. The first-order chi connectivity index (χ1) is 18.2. The third-order valence-electron chi connectivity index (χ3n) is 7.79. The molecule has 4 rings (SSSR count). The molecule has 12 heteroatoms. The van der Waals surface area contributed by atoms with E-state index in [2.05, 4.69) is 55.9 Å². The van der Waals surface area contributed by atoms with Crippen LogP contribution in [0.4, 0.5) is 5.69 Å². The number of para-hydroxylation sites is 1. The molecular weight excluding hydrogens is 604 g/mol. The third kappa shape index (κ3) is 6.24. The van der Waals surface area contributed by atoms with Crippen molar-refractivity contribution in [3.63, 3.8) is 0 Å². The lowest BCUT2D eigenvalue weighted by Crippen LogP contribution is -2.45. The first-order valence-electron chi connectivity index (χ1n) is 12.9. The molecule has 0 saturated heterocycles. The molecule has 212 valence electrons. The molecule has 1 aliphatic heterocycles. The number of rotatable bonds is 9. The third-order valence-corrected chi connectivity index (χ3v) is 14.9. The number of hydrogen-bond acceptors (Lipinski definition) is 7. The number of hydrogen-bond donors (Lipinski definition) is 0. The van der Waals surface area contributed by atoms with Crippen LogP contribution < -0.4 is 9.47 Å². The number of halogens is 1. The van der Waals surface area contributed by atoms with E-state index in [1.54, 1.807) is 12.1 Å². The molecule has 9 nitrogen and oxygen atoms in total. The van der Waals surface area contributed by atoms with Gasteiger partial charge >= 0.3 is 0 Å². The predicted octanol–water partition coefficient (Wildman–Crippen LogP) is 6.78. The fraction of sp³-hybridized carbons (Fsp3) is 0.481. The molecule has 1 aliphatic carbocycles. The van der Waals surface area contributed by atoms with Gasteiger partial charge in [-0.05, 0) is 66.7 Å². The van der Waals surface area contributed by atoms with E-state index in [4.69, 9.17) is 13.9 Å². The van der Waals surface area contributed by atoms with Crippen LogP contribution in [0.3, 0.4) is 0 Å². The lowest BCUT2D eigenvalue weighted by atomic mass is 9.94. The molecule has 1 heterocycles. The minimum atomic E-state index is -4.31. The topological polar surface area (TPSA) is 108 Å². The maximum atomic E-state index is 14.3. The molecule has 0 radical (unpaired) electrons. The standard InChI is InChI=1S/C27H35BrN2O7SSi/c1-27(2,3)39(4,5)37-17-19-10-6-7-11-22(19)29(16-20-14-24-25(15-21(20)28)36-18-35-24)38(33,34)26-13-9-8-12-23(26)30(31)32/h8-10,12-15,22H,6-7,11,16-18H2,1-5H3/t22-/m0/s1. The first kappa shape index (κ1) is 29.7. The number of ether oxygens (including phenoxy) is 2. The monoisotopic (exact) mass is 638 g/mol. The Balaban J connectivity index is 1.78. The molecule has 0 N–H and O–H groups in total. The fourth-order valence-corrected chi connectivity index (χ4v) is 7.65. The van der Waals surface area contributed by atoms with Crippen molar-refractivity contribution in [2.75, 3.05) is 13.4 Å². The highest BCUT2D eigenvalue weighted by Crippen LogP contribution is 2.41. The molecule has 2 aliphatic rings. The number of nitro groups is 1. The highest BCUT2D eigenvalue weighted by Gasteiger charge is 2.41. The molecule has 1 atom stereocenters. The van der Waals surface area contributed by atoms with Crippen molar-refractivity contribution in [1.29, 1.82) is 0 Å². The van der Waals surface area contributed by atoms with Gasteiger partial charge in [0, 0.05) is 23.1 Å². The number of fused-ring (bicyclic) bond motifs is 1. The van der Waals surface area contributed by atoms with E-state index in [-0.39, 0.29) is 23.3 Å². The molecule has 0 bridgehead atoms. The number of benzene rings is 2. The second-order valence-electron chi connectivity index (χ2n) is 11.3. The molecule has 0 aromatic heterocycles. The van der Waals surface area contributed by atoms with Crippen LogP contribution in [0.5, 0.6) is 11.5 Å². The molecule has 0 spiro atoms. The fourth-order valence-electron chi connectivity index (χ4n) is 4.45. The van der Waals surface area contributed by atoms with E-state index < -0.39 is 35.0 Å². The van der Waals surface area contributed by atoms with Gasteiger partial charge in [-0.25, -0.2) is 8.42 Å². The maximum Gasteiger partial charge on any atom is 0.289 e. The van der Waals surface area contributed by atoms with Crippen LogP contribution in [0.1, 0.15) is 45.6 Å². The van der Waals surface area contributed by atoms with Gasteiger partial charge in [0.15, 0.2) is 24.7 Å². The van der Waals surface area contributed by atoms with Crippen LogP contribution in [-0.4, -0.2) is 45.4 Å². The number of sulfonamides is 1. The Hall–Kier alpha value is -2.25. The number of nitrogens with zero attached hydrogens (tertiary/aromatic N) is 2. The van der Waals surface area contributed by atoms with Crippen LogP contribution in [0.15, 0.2) is 57.4 Å². The Bertz CT molecular complexity index is 1390. The normalized spacial score (nSPS) is 17.8. The molecule has 0 fully saturated rings. The minimum Gasteiger partial charge on any atom is -0.454 e. The second-order valence-corrected chi connectivity index (χ2v) is 18.9. The largest absolute Gasteiger partial charge is 0.454 e. The highest BCUT2D eigenvalue weighted by atomic mass is 79.9. The maximum absolute atomic E-state index is 14.3. The lowest BCUT2D eigenvalue weighted by molar-refractivity contribution is -0.387. The van der Waals surface area contributed by atoms with Gasteiger partial charge in [0.1, 0.15) is 0 Å². The van der Waals surface area contributed by atoms with E-state index in [1.165, 1.54) is 28.6 Å². The Morgan fingerprint density at radius 3 is 2.51 bits per heavy atom. The lowest BCUT2D eigenvalue weighted by Gasteiger charge is -2.39. The van der Waals surface area contributed by atoms with Crippen molar-refractivity contribution in [3.05, 3.63) is 68.2 Å². The summed E-state index contributed by atoms with van der Waals surface area (Å²) < 4.78 is 48.2. The average Bonchev–Trinajstić information content (AvgIpc) is 3.32. The molecule has 0 saturated carbocycles. The first-order valence-corrected chi connectivity index (χ1v) is 18.0. The Morgan fingerprint density at radius 1 is 1.18 bits per heavy atom. The molecule has 0 amide bonds. The van der Waals surface area contributed by atoms with Gasteiger partial charge in [-0.3, -0.25) is 10.1 Å². The molecule has 2 aromatic carbocycles. The molecule has 0 unspecified atom stereocenters. The van der Waals surface area contributed by atoms with E-state index in [0.717, 1.165) is 18.4 Å². The zero-order chi connectivity index (χ0) is 28.6. The van der Waals surface area contributed by atoms with E-state index in [1.807, 2.05) is 0 Å². The quantitative estimate of drug-likeness (QED) is 0.129. The van der Waals surface area contributed by atoms with E-state index >= 15 is 0 Å². The predicted molar refractivity (Wildman–Crippen MR) is 155 cm³/mol. The molecule has 39 heavy (non-hydrogen) atoms. The van der Waals surface area contributed by atoms with Crippen molar-refractivity contribution in [1.82, 2.24) is 4.31 Å². The van der Waals surface area contributed by atoms with Crippen molar-refractivity contribution in [2.24, 2.45) is 0 Å². The van der Waals surface area contributed by atoms with Gasteiger partial charge in [0.25, 0.3) is 15.7 Å². The zero-order valence-corrected chi connectivity index (χ0v) is 26.3. The summed E-state index contributed by atoms with van der Waals surface area (Å²) in [7, 11) is -6.42.